The van der Waals surface area contributed by atoms with Crippen LogP contribution < -0.4 is 5.32 Å². The Morgan fingerprint density at radius 3 is 2.60 bits per heavy atom. The van der Waals surface area contributed by atoms with Crippen LogP contribution in [-0.2, 0) is 12.7 Å². The molecule has 2 heterocycles. The maximum absolute atomic E-state index is 12.8. The van der Waals surface area contributed by atoms with E-state index >= 15 is 0 Å². The van der Waals surface area contributed by atoms with Gasteiger partial charge in [-0.25, -0.2) is 0 Å². The summed E-state index contributed by atoms with van der Waals surface area (Å²) in [5, 5.41) is 6.54. The van der Waals surface area contributed by atoms with Crippen molar-refractivity contribution in [1.82, 2.24) is 10.5 Å². The van der Waals surface area contributed by atoms with Gasteiger partial charge in [-0.15, -0.1) is 0 Å². The summed E-state index contributed by atoms with van der Waals surface area (Å²) in [6.45, 7) is 0.575. The van der Waals surface area contributed by atoms with E-state index in [1.54, 1.807) is 0 Å². The van der Waals surface area contributed by atoms with Crippen molar-refractivity contribution in [2.75, 3.05) is 6.54 Å². The van der Waals surface area contributed by atoms with E-state index in [0.29, 0.717) is 17.8 Å². The number of hydrogen-bond donors (Lipinski definition) is 1. The molecule has 0 amide bonds. The van der Waals surface area contributed by atoms with Gasteiger partial charge in [-0.05, 0) is 17.2 Å². The van der Waals surface area contributed by atoms with Crippen LogP contribution >= 0.6 is 0 Å². The first-order valence-corrected chi connectivity index (χ1v) is 6.08. The number of fused-ring (bicyclic) bond motifs is 1. The minimum atomic E-state index is -4.52. The van der Waals surface area contributed by atoms with Gasteiger partial charge in [0.25, 0.3) is 0 Å². The van der Waals surface area contributed by atoms with Crippen molar-refractivity contribution in [1.29, 1.82) is 0 Å². The Kier molecular flexibility index (Phi) is 3.10. The minimum Gasteiger partial charge on any atom is -0.351 e. The first kappa shape index (κ1) is 12.9. The van der Waals surface area contributed by atoms with Crippen molar-refractivity contribution in [3.05, 3.63) is 52.9 Å². The molecule has 3 nitrogen and oxygen atoms in total. The fourth-order valence-corrected chi connectivity index (χ4v) is 2.22. The van der Waals surface area contributed by atoms with E-state index in [0.717, 1.165) is 5.56 Å². The van der Waals surface area contributed by atoms with Crippen LogP contribution in [0.4, 0.5) is 13.2 Å². The molecular weight excluding hydrogens is 269 g/mol. The van der Waals surface area contributed by atoms with Gasteiger partial charge in [0, 0.05) is 18.7 Å². The molecule has 2 aromatic rings. The van der Waals surface area contributed by atoms with Crippen LogP contribution in [0.2, 0.25) is 0 Å². The molecule has 1 N–H and O–H groups in total. The zero-order valence-corrected chi connectivity index (χ0v) is 10.4. The van der Waals surface area contributed by atoms with Gasteiger partial charge in [0.1, 0.15) is 5.69 Å². The highest BCUT2D eigenvalue weighted by atomic mass is 19.4. The van der Waals surface area contributed by atoms with Crippen molar-refractivity contribution >= 4 is 11.6 Å². The molecule has 0 unspecified atom stereocenters. The molecule has 0 saturated heterocycles. The van der Waals surface area contributed by atoms with Crippen LogP contribution in [0.1, 0.15) is 22.6 Å². The van der Waals surface area contributed by atoms with Gasteiger partial charge in [-0.2, -0.15) is 13.2 Å². The second-order valence-electron chi connectivity index (χ2n) is 4.52. The highest BCUT2D eigenvalue weighted by Crippen LogP contribution is 2.36. The molecule has 0 radical (unpaired) electrons. The van der Waals surface area contributed by atoms with Crippen molar-refractivity contribution in [3.63, 3.8) is 0 Å². The average molecular weight is 280 g/mol. The van der Waals surface area contributed by atoms with E-state index in [1.165, 1.54) is 0 Å². The Bertz CT molecular complexity index is 644. The second kappa shape index (κ2) is 4.79. The zero-order chi connectivity index (χ0) is 14.2. The highest BCUT2D eigenvalue weighted by Gasteiger charge is 2.41. The molecule has 0 aliphatic carbocycles. The summed E-state index contributed by atoms with van der Waals surface area (Å²) in [6.07, 6.45) is -2.70. The molecule has 0 fully saturated rings. The largest absolute Gasteiger partial charge is 0.452 e. The van der Waals surface area contributed by atoms with E-state index in [1.807, 2.05) is 36.4 Å². The SMILES string of the molecule is FC(F)(F)c1onc2c1CNC/C2=C\c1ccccc1. The van der Waals surface area contributed by atoms with Gasteiger partial charge < -0.3 is 9.84 Å². The molecule has 3 rings (SSSR count). The summed E-state index contributed by atoms with van der Waals surface area (Å²) in [4.78, 5) is 0. The van der Waals surface area contributed by atoms with Crippen LogP contribution in [0, 0.1) is 0 Å². The van der Waals surface area contributed by atoms with E-state index in [2.05, 4.69) is 15.0 Å². The fraction of sp³-hybridized carbons (Fsp3) is 0.214. The molecule has 1 aromatic heterocycles. The van der Waals surface area contributed by atoms with Crippen molar-refractivity contribution in [3.8, 4) is 0 Å². The standard InChI is InChI=1S/C14H11F3N2O/c15-14(16,17)13-11-8-18-7-10(12(11)19-20-13)6-9-4-2-1-3-5-9/h1-6,18H,7-8H2/b10-6+. The van der Waals surface area contributed by atoms with Crippen molar-refractivity contribution in [2.45, 2.75) is 12.7 Å². The molecule has 0 bridgehead atoms. The molecule has 104 valence electrons. The van der Waals surface area contributed by atoms with Gasteiger partial charge in [-0.1, -0.05) is 35.5 Å². The molecule has 6 heteroatoms. The lowest BCUT2D eigenvalue weighted by molar-refractivity contribution is -0.156. The zero-order valence-electron chi connectivity index (χ0n) is 10.4. The predicted molar refractivity (Wildman–Crippen MR) is 67.5 cm³/mol. The number of rotatable bonds is 1. The Labute approximate surface area is 113 Å². The van der Waals surface area contributed by atoms with Gasteiger partial charge in [0.15, 0.2) is 0 Å². The number of nitrogens with one attached hydrogen (secondary N) is 1. The van der Waals surface area contributed by atoms with Gasteiger partial charge in [-0.3, -0.25) is 0 Å². The number of halogens is 3. The quantitative estimate of drug-likeness (QED) is 0.870. The molecule has 0 spiro atoms. The first-order chi connectivity index (χ1) is 9.55. The topological polar surface area (TPSA) is 38.1 Å². The monoisotopic (exact) mass is 280 g/mol. The molecule has 20 heavy (non-hydrogen) atoms. The van der Waals surface area contributed by atoms with Crippen LogP contribution in [0.3, 0.4) is 0 Å². The third-order valence-electron chi connectivity index (χ3n) is 3.11. The normalized spacial score (nSPS) is 17.2. The summed E-state index contributed by atoms with van der Waals surface area (Å²) < 4.78 is 42.8. The summed E-state index contributed by atoms with van der Waals surface area (Å²) in [5.74, 6) is -1.02. The molecular formula is C14H11F3N2O. The van der Waals surface area contributed by atoms with Crippen molar-refractivity contribution in [2.24, 2.45) is 0 Å². The minimum absolute atomic E-state index is 0.0749. The molecule has 1 aliphatic heterocycles. The van der Waals surface area contributed by atoms with E-state index in [4.69, 9.17) is 0 Å². The van der Waals surface area contributed by atoms with Crippen LogP contribution in [0.15, 0.2) is 34.9 Å². The third kappa shape index (κ3) is 2.34. The average Bonchev–Trinajstić information content (AvgIpc) is 2.85. The lowest BCUT2D eigenvalue weighted by atomic mass is 10.00. The second-order valence-corrected chi connectivity index (χ2v) is 4.52. The maximum atomic E-state index is 12.8. The summed E-state index contributed by atoms with van der Waals surface area (Å²) in [6, 6.07) is 9.38. The smallest absolute Gasteiger partial charge is 0.351 e. The Morgan fingerprint density at radius 2 is 1.90 bits per heavy atom. The molecule has 0 atom stereocenters. The Hall–Kier alpha value is -2.08. The van der Waals surface area contributed by atoms with Crippen molar-refractivity contribution < 1.29 is 17.7 Å². The van der Waals surface area contributed by atoms with Crippen LogP contribution in [0.5, 0.6) is 0 Å². The van der Waals surface area contributed by atoms with E-state index < -0.39 is 11.9 Å². The molecule has 1 aromatic carbocycles. The van der Waals surface area contributed by atoms with E-state index in [-0.39, 0.29) is 12.1 Å². The number of benzene rings is 1. The molecule has 0 saturated carbocycles. The van der Waals surface area contributed by atoms with Gasteiger partial charge in [0.2, 0.25) is 5.76 Å². The van der Waals surface area contributed by atoms with Gasteiger partial charge >= 0.3 is 6.18 Å². The Morgan fingerprint density at radius 1 is 1.15 bits per heavy atom. The molecule has 1 aliphatic rings. The third-order valence-corrected chi connectivity index (χ3v) is 3.11. The first-order valence-electron chi connectivity index (χ1n) is 6.08. The van der Waals surface area contributed by atoms with E-state index in [9.17, 15) is 13.2 Å². The highest BCUT2D eigenvalue weighted by molar-refractivity contribution is 5.83. The summed E-state index contributed by atoms with van der Waals surface area (Å²) >= 11 is 0. The predicted octanol–water partition coefficient (Wildman–Crippen LogP) is 3.34. The number of alkyl halides is 3. The van der Waals surface area contributed by atoms with Gasteiger partial charge in [0.05, 0.1) is 0 Å². The fourth-order valence-electron chi connectivity index (χ4n) is 2.22. The number of hydrogen-bond acceptors (Lipinski definition) is 3. The number of aromatic nitrogens is 1. The summed E-state index contributed by atoms with van der Waals surface area (Å²) in [5.41, 5.74) is 1.97. The summed E-state index contributed by atoms with van der Waals surface area (Å²) in [7, 11) is 0. The lowest BCUT2D eigenvalue weighted by Gasteiger charge is -2.15. The Balaban J connectivity index is 2.04. The lowest BCUT2D eigenvalue weighted by Crippen LogP contribution is -2.24. The van der Waals surface area contributed by atoms with Crippen LogP contribution in [-0.4, -0.2) is 11.7 Å². The van der Waals surface area contributed by atoms with Crippen LogP contribution in [0.25, 0.3) is 11.6 Å². The number of nitrogens with zero attached hydrogens (tertiary/aromatic N) is 1. The maximum Gasteiger partial charge on any atom is 0.452 e.